The Morgan fingerprint density at radius 1 is 1.50 bits per heavy atom. The first-order chi connectivity index (χ1) is 8.81. The van der Waals surface area contributed by atoms with Crippen LogP contribution in [0.15, 0.2) is 12.4 Å². The van der Waals surface area contributed by atoms with Crippen LogP contribution in [0.5, 0.6) is 0 Å². The Kier molecular flexibility index (Phi) is 4.86. The van der Waals surface area contributed by atoms with Gasteiger partial charge in [-0.05, 0) is 25.3 Å². The molecule has 0 bridgehead atoms. The maximum absolute atomic E-state index is 5.26. The van der Waals surface area contributed by atoms with E-state index in [9.17, 15) is 0 Å². The number of methoxy groups -OCH3 is 1. The highest BCUT2D eigenvalue weighted by molar-refractivity contribution is 5.28. The summed E-state index contributed by atoms with van der Waals surface area (Å²) in [6.07, 6.45) is 5.91. The van der Waals surface area contributed by atoms with Gasteiger partial charge in [-0.2, -0.15) is 0 Å². The first kappa shape index (κ1) is 13.2. The molecule has 0 aromatic carbocycles. The number of ether oxygens (including phenoxy) is 1. The smallest absolute Gasteiger partial charge is 0.158 e. The van der Waals surface area contributed by atoms with Crippen molar-refractivity contribution >= 4 is 5.82 Å². The fourth-order valence-corrected chi connectivity index (χ4v) is 2.41. The number of hydrogen-bond acceptors (Lipinski definition) is 6. The van der Waals surface area contributed by atoms with Crippen molar-refractivity contribution in [3.05, 3.63) is 18.1 Å². The Bertz CT molecular complexity index is 354. The minimum atomic E-state index is 0.592. The first-order valence-corrected chi connectivity index (χ1v) is 6.30. The van der Waals surface area contributed by atoms with Crippen LogP contribution < -0.4 is 11.3 Å². The highest BCUT2D eigenvalue weighted by Gasteiger charge is 2.20. The number of nitrogens with zero attached hydrogens (tertiary/aromatic N) is 3. The predicted molar refractivity (Wildman–Crippen MR) is 69.7 cm³/mol. The van der Waals surface area contributed by atoms with Crippen LogP contribution in [0, 0.1) is 5.92 Å². The van der Waals surface area contributed by atoms with Crippen molar-refractivity contribution in [2.75, 3.05) is 32.2 Å². The molecule has 1 saturated heterocycles. The molecule has 0 spiro atoms. The molecule has 6 heteroatoms. The summed E-state index contributed by atoms with van der Waals surface area (Å²) >= 11 is 0. The van der Waals surface area contributed by atoms with Crippen molar-refractivity contribution in [2.24, 2.45) is 11.8 Å². The summed E-state index contributed by atoms with van der Waals surface area (Å²) in [4.78, 5) is 10.9. The zero-order valence-corrected chi connectivity index (χ0v) is 10.8. The molecule has 1 aromatic rings. The lowest BCUT2D eigenvalue weighted by molar-refractivity contribution is 0.0867. The molecule has 1 aliphatic heterocycles. The lowest BCUT2D eigenvalue weighted by atomic mass is 9.99. The molecule has 6 nitrogen and oxygen atoms in total. The third-order valence-corrected chi connectivity index (χ3v) is 3.24. The fourth-order valence-electron chi connectivity index (χ4n) is 2.41. The van der Waals surface area contributed by atoms with Gasteiger partial charge in [0.2, 0.25) is 0 Å². The molecule has 0 saturated carbocycles. The standard InChI is InChI=1S/C12H21N5O/c1-18-9-10-3-2-4-17(7-10)8-11-5-15-12(16-13)6-14-11/h5-6,10H,2-4,7-9,13H2,1H3,(H,15,16). The van der Waals surface area contributed by atoms with Gasteiger partial charge in [0, 0.05) is 20.2 Å². The Hall–Kier alpha value is -1.24. The van der Waals surface area contributed by atoms with E-state index in [0.717, 1.165) is 31.9 Å². The summed E-state index contributed by atoms with van der Waals surface area (Å²) in [5.41, 5.74) is 3.46. The van der Waals surface area contributed by atoms with Crippen molar-refractivity contribution in [1.82, 2.24) is 14.9 Å². The molecule has 3 N–H and O–H groups in total. The highest BCUT2D eigenvalue weighted by Crippen LogP contribution is 2.18. The van der Waals surface area contributed by atoms with Crippen molar-refractivity contribution in [2.45, 2.75) is 19.4 Å². The third kappa shape index (κ3) is 3.63. The topological polar surface area (TPSA) is 76.3 Å². The average molecular weight is 251 g/mol. The van der Waals surface area contributed by atoms with Gasteiger partial charge in [0.25, 0.3) is 0 Å². The molecule has 2 rings (SSSR count). The second kappa shape index (κ2) is 6.63. The number of rotatable bonds is 5. The van der Waals surface area contributed by atoms with Crippen LogP contribution in [0.3, 0.4) is 0 Å². The van der Waals surface area contributed by atoms with Gasteiger partial charge in [0.1, 0.15) is 0 Å². The molecule has 1 aliphatic rings. The molecule has 2 heterocycles. The van der Waals surface area contributed by atoms with Gasteiger partial charge >= 0.3 is 0 Å². The second-order valence-electron chi connectivity index (χ2n) is 4.74. The van der Waals surface area contributed by atoms with Crippen molar-refractivity contribution in [3.8, 4) is 0 Å². The minimum absolute atomic E-state index is 0.592. The average Bonchev–Trinajstić information content (AvgIpc) is 2.40. The van der Waals surface area contributed by atoms with Gasteiger partial charge in [0.05, 0.1) is 24.7 Å². The summed E-state index contributed by atoms with van der Waals surface area (Å²) in [7, 11) is 1.77. The van der Waals surface area contributed by atoms with Crippen LogP contribution in [0.4, 0.5) is 5.82 Å². The van der Waals surface area contributed by atoms with Crippen LogP contribution in [0.2, 0.25) is 0 Å². The Morgan fingerprint density at radius 2 is 2.39 bits per heavy atom. The molecule has 0 radical (unpaired) electrons. The van der Waals surface area contributed by atoms with Gasteiger partial charge < -0.3 is 10.2 Å². The van der Waals surface area contributed by atoms with E-state index in [1.54, 1.807) is 19.5 Å². The van der Waals surface area contributed by atoms with Crippen LogP contribution in [0.25, 0.3) is 0 Å². The normalized spacial score (nSPS) is 20.9. The number of likely N-dealkylation sites (tertiary alicyclic amines) is 1. The van der Waals surface area contributed by atoms with E-state index in [0.29, 0.717) is 11.7 Å². The number of piperidine rings is 1. The van der Waals surface area contributed by atoms with Crippen molar-refractivity contribution in [1.29, 1.82) is 0 Å². The zero-order valence-electron chi connectivity index (χ0n) is 10.8. The fraction of sp³-hybridized carbons (Fsp3) is 0.667. The van der Waals surface area contributed by atoms with Gasteiger partial charge in [-0.1, -0.05) is 0 Å². The minimum Gasteiger partial charge on any atom is -0.384 e. The van der Waals surface area contributed by atoms with Crippen LogP contribution in [-0.2, 0) is 11.3 Å². The van der Waals surface area contributed by atoms with E-state index in [1.807, 2.05) is 0 Å². The summed E-state index contributed by atoms with van der Waals surface area (Å²) < 4.78 is 5.23. The molecule has 18 heavy (non-hydrogen) atoms. The molecule has 0 amide bonds. The number of anilines is 1. The summed E-state index contributed by atoms with van der Waals surface area (Å²) in [5.74, 6) is 6.49. The van der Waals surface area contributed by atoms with Crippen molar-refractivity contribution < 1.29 is 4.74 Å². The maximum atomic E-state index is 5.26. The monoisotopic (exact) mass is 251 g/mol. The SMILES string of the molecule is COCC1CCCN(Cc2cnc(NN)cn2)C1. The summed E-state index contributed by atoms with van der Waals surface area (Å²) in [6.45, 7) is 3.89. The van der Waals surface area contributed by atoms with E-state index >= 15 is 0 Å². The number of nitrogens with two attached hydrogens (primary N) is 1. The summed E-state index contributed by atoms with van der Waals surface area (Å²) in [6, 6.07) is 0. The van der Waals surface area contributed by atoms with E-state index in [1.165, 1.54) is 12.8 Å². The highest BCUT2D eigenvalue weighted by atomic mass is 16.5. The van der Waals surface area contributed by atoms with E-state index in [4.69, 9.17) is 10.6 Å². The molecular formula is C12H21N5O. The Balaban J connectivity index is 1.87. The molecule has 1 unspecified atom stereocenters. The largest absolute Gasteiger partial charge is 0.384 e. The third-order valence-electron chi connectivity index (χ3n) is 3.24. The van der Waals surface area contributed by atoms with Gasteiger partial charge in [-0.3, -0.25) is 9.88 Å². The van der Waals surface area contributed by atoms with Gasteiger partial charge in [-0.25, -0.2) is 10.8 Å². The molecule has 1 aromatic heterocycles. The molecule has 100 valence electrons. The molecular weight excluding hydrogens is 230 g/mol. The number of nitrogen functional groups attached to an aromatic ring is 1. The van der Waals surface area contributed by atoms with Gasteiger partial charge in [0.15, 0.2) is 5.82 Å². The quantitative estimate of drug-likeness (QED) is 0.590. The number of nitrogens with one attached hydrogen (secondary N) is 1. The predicted octanol–water partition coefficient (Wildman–Crippen LogP) is 0.621. The Morgan fingerprint density at radius 3 is 3.06 bits per heavy atom. The van der Waals surface area contributed by atoms with E-state index < -0.39 is 0 Å². The first-order valence-electron chi connectivity index (χ1n) is 6.30. The Labute approximate surface area is 108 Å². The second-order valence-corrected chi connectivity index (χ2v) is 4.74. The number of hydrogen-bond donors (Lipinski definition) is 2. The lowest BCUT2D eigenvalue weighted by Crippen LogP contribution is -2.36. The van der Waals surface area contributed by atoms with E-state index in [-0.39, 0.29) is 0 Å². The molecule has 1 atom stereocenters. The van der Waals surface area contributed by atoms with Crippen LogP contribution >= 0.6 is 0 Å². The lowest BCUT2D eigenvalue weighted by Gasteiger charge is -2.31. The molecule has 0 aliphatic carbocycles. The van der Waals surface area contributed by atoms with E-state index in [2.05, 4.69) is 20.3 Å². The molecule has 1 fully saturated rings. The summed E-state index contributed by atoms with van der Waals surface area (Å²) in [5, 5.41) is 0. The maximum Gasteiger partial charge on any atom is 0.158 e. The number of aromatic nitrogens is 2. The van der Waals surface area contributed by atoms with Crippen LogP contribution in [-0.4, -0.2) is 41.7 Å². The number of hydrazine groups is 1. The van der Waals surface area contributed by atoms with Crippen molar-refractivity contribution in [3.63, 3.8) is 0 Å². The van der Waals surface area contributed by atoms with Gasteiger partial charge in [-0.15, -0.1) is 0 Å². The zero-order chi connectivity index (χ0) is 12.8. The van der Waals surface area contributed by atoms with Crippen LogP contribution in [0.1, 0.15) is 18.5 Å².